The first-order valence-corrected chi connectivity index (χ1v) is 12.9. The van der Waals surface area contributed by atoms with Gasteiger partial charge in [0.1, 0.15) is 17.9 Å². The molecule has 8 heteroatoms. The van der Waals surface area contributed by atoms with Crippen LogP contribution in [0.15, 0.2) is 105 Å². The maximum atomic E-state index is 13.6. The summed E-state index contributed by atoms with van der Waals surface area (Å²) < 4.78 is 13.4. The summed E-state index contributed by atoms with van der Waals surface area (Å²) in [5.41, 5.74) is 3.63. The van der Waals surface area contributed by atoms with Gasteiger partial charge in [-0.1, -0.05) is 65.2 Å². The third kappa shape index (κ3) is 5.17. The van der Waals surface area contributed by atoms with Gasteiger partial charge in [0.2, 0.25) is 5.82 Å². The van der Waals surface area contributed by atoms with E-state index < -0.39 is 0 Å². The molecule has 0 aliphatic carbocycles. The van der Waals surface area contributed by atoms with Crippen LogP contribution in [0.4, 0.5) is 0 Å². The molecule has 4 aromatic carbocycles. The summed E-state index contributed by atoms with van der Waals surface area (Å²) >= 11 is 12.5. The third-order valence-corrected chi connectivity index (χ3v) is 6.72. The van der Waals surface area contributed by atoms with Gasteiger partial charge in [0.15, 0.2) is 5.76 Å². The average molecular weight is 554 g/mol. The third-order valence-electron chi connectivity index (χ3n) is 6.25. The second-order valence-corrected chi connectivity index (χ2v) is 9.94. The molecule has 2 heterocycles. The number of benzene rings is 4. The lowest BCUT2D eigenvalue weighted by molar-refractivity contribution is 0.306. The fourth-order valence-corrected chi connectivity index (χ4v) is 4.59. The number of furan rings is 1. The zero-order chi connectivity index (χ0) is 26.9. The van der Waals surface area contributed by atoms with Gasteiger partial charge < -0.3 is 9.15 Å². The second kappa shape index (κ2) is 10.4. The molecule has 6 rings (SSSR count). The molecule has 0 radical (unpaired) electrons. The number of ether oxygens (including phenoxy) is 1. The van der Waals surface area contributed by atoms with Crippen LogP contribution in [0.3, 0.4) is 0 Å². The van der Waals surface area contributed by atoms with E-state index in [-0.39, 0.29) is 11.4 Å². The minimum Gasteiger partial charge on any atom is -0.488 e. The Morgan fingerprint density at radius 3 is 2.56 bits per heavy atom. The standard InChI is InChI=1S/C31H21Cl2N3O3/c1-19-6-8-20(9-7-19)18-38-27-12-10-24(33)15-22(27)17-34-36-30(35-26-5-3-2-4-25(26)31(36)37)29-16-21-14-23(32)11-13-28(21)39-29/h2-17H,18H2,1H3. The molecule has 0 aliphatic heterocycles. The van der Waals surface area contributed by atoms with Crippen LogP contribution >= 0.6 is 23.2 Å². The Morgan fingerprint density at radius 2 is 1.72 bits per heavy atom. The Labute approximate surface area is 233 Å². The van der Waals surface area contributed by atoms with Gasteiger partial charge in [-0.2, -0.15) is 9.78 Å². The molecular weight excluding hydrogens is 533 g/mol. The lowest BCUT2D eigenvalue weighted by Gasteiger charge is -2.11. The summed E-state index contributed by atoms with van der Waals surface area (Å²) in [6, 6.07) is 27.6. The van der Waals surface area contributed by atoms with E-state index in [0.717, 1.165) is 10.9 Å². The van der Waals surface area contributed by atoms with Crippen molar-refractivity contribution in [3.63, 3.8) is 0 Å². The Kier molecular flexibility index (Phi) is 6.65. The topological polar surface area (TPSA) is 69.6 Å². The second-order valence-electron chi connectivity index (χ2n) is 9.06. The number of hydrogen-bond donors (Lipinski definition) is 0. The summed E-state index contributed by atoms with van der Waals surface area (Å²) in [6.07, 6.45) is 1.54. The normalized spacial score (nSPS) is 11.6. The highest BCUT2D eigenvalue weighted by molar-refractivity contribution is 6.31. The van der Waals surface area contributed by atoms with Gasteiger partial charge in [0, 0.05) is 21.0 Å². The zero-order valence-electron chi connectivity index (χ0n) is 20.8. The van der Waals surface area contributed by atoms with E-state index in [2.05, 4.69) is 5.10 Å². The van der Waals surface area contributed by atoms with Crippen molar-refractivity contribution in [1.82, 2.24) is 9.66 Å². The average Bonchev–Trinajstić information content (AvgIpc) is 3.36. The van der Waals surface area contributed by atoms with Crippen LogP contribution in [0.1, 0.15) is 16.7 Å². The maximum absolute atomic E-state index is 13.6. The molecule has 0 unspecified atom stereocenters. The van der Waals surface area contributed by atoms with Gasteiger partial charge in [-0.25, -0.2) is 4.98 Å². The van der Waals surface area contributed by atoms with Crippen LogP contribution in [0, 0.1) is 6.92 Å². The zero-order valence-corrected chi connectivity index (χ0v) is 22.3. The summed E-state index contributed by atoms with van der Waals surface area (Å²) in [5.74, 6) is 1.21. The predicted octanol–water partition coefficient (Wildman–Crippen LogP) is 7.89. The molecule has 0 saturated heterocycles. The van der Waals surface area contributed by atoms with Crippen LogP contribution < -0.4 is 10.3 Å². The largest absolute Gasteiger partial charge is 0.488 e. The number of rotatable bonds is 6. The lowest BCUT2D eigenvalue weighted by atomic mass is 10.1. The first-order valence-electron chi connectivity index (χ1n) is 12.2. The molecule has 0 bridgehead atoms. The highest BCUT2D eigenvalue weighted by Crippen LogP contribution is 2.29. The Hall–Kier alpha value is -4.39. The molecule has 39 heavy (non-hydrogen) atoms. The van der Waals surface area contributed by atoms with E-state index in [0.29, 0.717) is 50.2 Å². The van der Waals surface area contributed by atoms with E-state index in [9.17, 15) is 4.79 Å². The highest BCUT2D eigenvalue weighted by Gasteiger charge is 2.17. The molecule has 0 spiro atoms. The van der Waals surface area contributed by atoms with Gasteiger partial charge in [0.25, 0.3) is 5.56 Å². The molecule has 0 aliphatic rings. The molecule has 0 atom stereocenters. The van der Waals surface area contributed by atoms with Crippen molar-refractivity contribution in [3.05, 3.63) is 128 Å². The molecule has 0 fully saturated rings. The first-order chi connectivity index (χ1) is 18.9. The van der Waals surface area contributed by atoms with E-state index in [4.69, 9.17) is 37.3 Å². The molecule has 0 amide bonds. The number of para-hydroxylation sites is 1. The van der Waals surface area contributed by atoms with E-state index in [1.54, 1.807) is 60.7 Å². The highest BCUT2D eigenvalue weighted by atomic mass is 35.5. The fraction of sp³-hybridized carbons (Fsp3) is 0.0645. The molecule has 6 nitrogen and oxygen atoms in total. The van der Waals surface area contributed by atoms with Gasteiger partial charge >= 0.3 is 0 Å². The van der Waals surface area contributed by atoms with Crippen molar-refractivity contribution >= 4 is 51.3 Å². The van der Waals surface area contributed by atoms with Gasteiger partial charge in [-0.05, 0) is 67.1 Å². The van der Waals surface area contributed by atoms with Crippen molar-refractivity contribution < 1.29 is 9.15 Å². The predicted molar refractivity (Wildman–Crippen MR) is 156 cm³/mol. The summed E-state index contributed by atoms with van der Waals surface area (Å²) in [4.78, 5) is 18.3. The van der Waals surface area contributed by atoms with Crippen LogP contribution in [-0.4, -0.2) is 15.9 Å². The molecule has 6 aromatic rings. The fourth-order valence-electron chi connectivity index (χ4n) is 4.23. The van der Waals surface area contributed by atoms with E-state index in [1.807, 2.05) is 37.3 Å². The van der Waals surface area contributed by atoms with Gasteiger partial charge in [0.05, 0.1) is 17.1 Å². The smallest absolute Gasteiger partial charge is 0.282 e. The van der Waals surface area contributed by atoms with Crippen LogP contribution in [0.5, 0.6) is 5.75 Å². The monoisotopic (exact) mass is 553 g/mol. The maximum Gasteiger partial charge on any atom is 0.282 e. The SMILES string of the molecule is Cc1ccc(COc2ccc(Cl)cc2C=Nn2c(-c3cc4cc(Cl)ccc4o3)nc3ccccc3c2=O)cc1. The lowest BCUT2D eigenvalue weighted by Crippen LogP contribution is -2.20. The molecular formula is C31H21Cl2N3O3. The minimum atomic E-state index is -0.338. The Bertz CT molecular complexity index is 1920. The summed E-state index contributed by atoms with van der Waals surface area (Å²) in [6.45, 7) is 2.41. The number of nitrogens with zero attached hydrogens (tertiary/aromatic N) is 3. The van der Waals surface area contributed by atoms with Crippen molar-refractivity contribution in [2.24, 2.45) is 5.10 Å². The van der Waals surface area contributed by atoms with Crippen molar-refractivity contribution in [3.8, 4) is 17.3 Å². The molecule has 0 saturated carbocycles. The number of aryl methyl sites for hydroxylation is 1. The number of halogens is 2. The molecule has 0 N–H and O–H groups in total. The van der Waals surface area contributed by atoms with Crippen LogP contribution in [-0.2, 0) is 6.61 Å². The van der Waals surface area contributed by atoms with Gasteiger partial charge in [-0.3, -0.25) is 4.79 Å². The molecule has 192 valence electrons. The quantitative estimate of drug-likeness (QED) is 0.196. The Balaban J connectivity index is 1.44. The van der Waals surface area contributed by atoms with Crippen LogP contribution in [0.2, 0.25) is 10.0 Å². The molecule has 2 aromatic heterocycles. The summed E-state index contributed by atoms with van der Waals surface area (Å²) in [7, 11) is 0. The van der Waals surface area contributed by atoms with Crippen LogP contribution in [0.25, 0.3) is 33.5 Å². The number of aromatic nitrogens is 2. The number of hydrogen-bond acceptors (Lipinski definition) is 5. The van der Waals surface area contributed by atoms with E-state index >= 15 is 0 Å². The summed E-state index contributed by atoms with van der Waals surface area (Å²) in [5, 5.41) is 6.86. The van der Waals surface area contributed by atoms with Crippen molar-refractivity contribution in [2.75, 3.05) is 0 Å². The Morgan fingerprint density at radius 1 is 0.949 bits per heavy atom. The van der Waals surface area contributed by atoms with Crippen molar-refractivity contribution in [1.29, 1.82) is 0 Å². The van der Waals surface area contributed by atoms with Gasteiger partial charge in [-0.15, -0.1) is 0 Å². The number of fused-ring (bicyclic) bond motifs is 2. The van der Waals surface area contributed by atoms with E-state index in [1.165, 1.54) is 16.5 Å². The first kappa shape index (κ1) is 24.9. The minimum absolute atomic E-state index is 0.256. The van der Waals surface area contributed by atoms with Crippen molar-refractivity contribution in [2.45, 2.75) is 13.5 Å².